The standard InChI is InChI=1S/C14H21NO2/c1-9(2)13(14(16)17)15-8-12-7-5-6-10(3)11(12)4/h5-7,9,13,15H,8H2,1-4H3,(H,16,17)/t13-/m0/s1. The van der Waals surface area contributed by atoms with Crippen LogP contribution in [0, 0.1) is 19.8 Å². The number of rotatable bonds is 5. The summed E-state index contributed by atoms with van der Waals surface area (Å²) in [6.45, 7) is 8.56. The van der Waals surface area contributed by atoms with Crippen molar-refractivity contribution < 1.29 is 9.90 Å². The van der Waals surface area contributed by atoms with E-state index in [1.807, 2.05) is 26.0 Å². The average Bonchev–Trinajstić information content (AvgIpc) is 2.23. The molecule has 0 aliphatic carbocycles. The first-order valence-electron chi connectivity index (χ1n) is 5.94. The fraction of sp³-hybridized carbons (Fsp3) is 0.500. The van der Waals surface area contributed by atoms with Crippen molar-refractivity contribution in [1.82, 2.24) is 5.32 Å². The summed E-state index contributed by atoms with van der Waals surface area (Å²) < 4.78 is 0. The zero-order valence-corrected chi connectivity index (χ0v) is 10.9. The van der Waals surface area contributed by atoms with E-state index < -0.39 is 12.0 Å². The maximum atomic E-state index is 11.1. The molecule has 0 unspecified atom stereocenters. The Bertz CT molecular complexity index is 399. The molecule has 1 atom stereocenters. The largest absolute Gasteiger partial charge is 0.480 e. The van der Waals surface area contributed by atoms with Gasteiger partial charge in [-0.25, -0.2) is 0 Å². The summed E-state index contributed by atoms with van der Waals surface area (Å²) in [6, 6.07) is 5.62. The van der Waals surface area contributed by atoms with Crippen molar-refractivity contribution in [3.05, 3.63) is 34.9 Å². The number of hydrogen-bond donors (Lipinski definition) is 2. The Hall–Kier alpha value is -1.35. The van der Waals surface area contributed by atoms with Gasteiger partial charge in [0.05, 0.1) is 0 Å². The number of aliphatic carboxylic acids is 1. The summed E-state index contributed by atoms with van der Waals surface area (Å²) in [5, 5.41) is 12.2. The minimum Gasteiger partial charge on any atom is -0.480 e. The van der Waals surface area contributed by atoms with E-state index in [2.05, 4.69) is 25.2 Å². The second-order valence-electron chi connectivity index (χ2n) is 4.80. The molecule has 0 aliphatic rings. The van der Waals surface area contributed by atoms with E-state index in [4.69, 9.17) is 5.11 Å². The number of carboxylic acids is 1. The molecule has 2 N–H and O–H groups in total. The van der Waals surface area contributed by atoms with E-state index in [0.29, 0.717) is 6.54 Å². The highest BCUT2D eigenvalue weighted by Crippen LogP contribution is 2.13. The van der Waals surface area contributed by atoms with Gasteiger partial charge in [0.2, 0.25) is 0 Å². The molecule has 0 aromatic heterocycles. The summed E-state index contributed by atoms with van der Waals surface area (Å²) in [7, 11) is 0. The summed E-state index contributed by atoms with van der Waals surface area (Å²) in [4.78, 5) is 11.1. The van der Waals surface area contributed by atoms with Crippen LogP contribution in [0.25, 0.3) is 0 Å². The van der Waals surface area contributed by atoms with Gasteiger partial charge in [-0.3, -0.25) is 4.79 Å². The van der Waals surface area contributed by atoms with Crippen molar-refractivity contribution in [2.45, 2.75) is 40.3 Å². The number of benzene rings is 1. The summed E-state index contributed by atoms with van der Waals surface area (Å²) in [5.74, 6) is -0.706. The molecular weight excluding hydrogens is 214 g/mol. The van der Waals surface area contributed by atoms with E-state index in [0.717, 1.165) is 5.56 Å². The topological polar surface area (TPSA) is 49.3 Å². The number of carboxylic acid groups (broad SMARTS) is 1. The SMILES string of the molecule is Cc1cccc(CN[C@H](C(=O)O)C(C)C)c1C. The Morgan fingerprint density at radius 3 is 2.53 bits per heavy atom. The van der Waals surface area contributed by atoms with Crippen LogP contribution in [0.2, 0.25) is 0 Å². The third-order valence-corrected chi connectivity index (χ3v) is 3.16. The molecule has 17 heavy (non-hydrogen) atoms. The second kappa shape index (κ2) is 5.82. The minimum absolute atomic E-state index is 0.0811. The van der Waals surface area contributed by atoms with Crippen LogP contribution in [-0.2, 0) is 11.3 Å². The van der Waals surface area contributed by atoms with Crippen molar-refractivity contribution >= 4 is 5.97 Å². The first-order valence-corrected chi connectivity index (χ1v) is 5.94. The first-order chi connectivity index (χ1) is 7.93. The highest BCUT2D eigenvalue weighted by Gasteiger charge is 2.20. The molecule has 0 saturated carbocycles. The lowest BCUT2D eigenvalue weighted by Crippen LogP contribution is -2.40. The maximum absolute atomic E-state index is 11.1. The Labute approximate surface area is 103 Å². The normalized spacial score (nSPS) is 12.8. The van der Waals surface area contributed by atoms with Crippen LogP contribution in [0.3, 0.4) is 0 Å². The van der Waals surface area contributed by atoms with Gasteiger partial charge in [-0.05, 0) is 36.5 Å². The van der Waals surface area contributed by atoms with Crippen LogP contribution in [0.5, 0.6) is 0 Å². The van der Waals surface area contributed by atoms with Crippen LogP contribution in [0.4, 0.5) is 0 Å². The van der Waals surface area contributed by atoms with Crippen LogP contribution < -0.4 is 5.32 Å². The predicted molar refractivity (Wildman–Crippen MR) is 69.0 cm³/mol. The molecule has 3 nitrogen and oxygen atoms in total. The van der Waals surface area contributed by atoms with Crippen LogP contribution in [-0.4, -0.2) is 17.1 Å². The quantitative estimate of drug-likeness (QED) is 0.824. The third kappa shape index (κ3) is 3.56. The second-order valence-corrected chi connectivity index (χ2v) is 4.80. The lowest BCUT2D eigenvalue weighted by Gasteiger charge is -2.19. The van der Waals surface area contributed by atoms with Gasteiger partial charge in [0.15, 0.2) is 0 Å². The van der Waals surface area contributed by atoms with Gasteiger partial charge in [0.25, 0.3) is 0 Å². The molecule has 0 amide bonds. The molecule has 1 aromatic rings. The van der Waals surface area contributed by atoms with Crippen molar-refractivity contribution in [1.29, 1.82) is 0 Å². The summed E-state index contributed by atoms with van der Waals surface area (Å²) >= 11 is 0. The molecule has 0 radical (unpaired) electrons. The van der Waals surface area contributed by atoms with Crippen LogP contribution in [0.1, 0.15) is 30.5 Å². The molecule has 3 heteroatoms. The number of aryl methyl sites for hydroxylation is 1. The van der Waals surface area contributed by atoms with Crippen molar-refractivity contribution in [2.24, 2.45) is 5.92 Å². The highest BCUT2D eigenvalue weighted by molar-refractivity contribution is 5.73. The lowest BCUT2D eigenvalue weighted by molar-refractivity contribution is -0.140. The minimum atomic E-state index is -0.787. The molecule has 1 rings (SSSR count). The van der Waals surface area contributed by atoms with Gasteiger partial charge in [-0.15, -0.1) is 0 Å². The molecule has 0 bridgehead atoms. The van der Waals surface area contributed by atoms with Crippen molar-refractivity contribution in [3.8, 4) is 0 Å². The molecule has 0 heterocycles. The summed E-state index contributed by atoms with van der Waals surface area (Å²) in [5.41, 5.74) is 3.63. The molecule has 1 aromatic carbocycles. The zero-order chi connectivity index (χ0) is 13.0. The molecule has 0 fully saturated rings. The zero-order valence-electron chi connectivity index (χ0n) is 10.9. The maximum Gasteiger partial charge on any atom is 0.320 e. The van der Waals surface area contributed by atoms with E-state index in [9.17, 15) is 4.79 Å². The van der Waals surface area contributed by atoms with E-state index >= 15 is 0 Å². The van der Waals surface area contributed by atoms with Crippen molar-refractivity contribution in [3.63, 3.8) is 0 Å². The summed E-state index contributed by atoms with van der Waals surface area (Å²) in [6.07, 6.45) is 0. The van der Waals surface area contributed by atoms with E-state index in [1.54, 1.807) is 0 Å². The average molecular weight is 235 g/mol. The van der Waals surface area contributed by atoms with Crippen LogP contribution >= 0.6 is 0 Å². The fourth-order valence-corrected chi connectivity index (χ4v) is 1.83. The van der Waals surface area contributed by atoms with Crippen LogP contribution in [0.15, 0.2) is 18.2 Å². The van der Waals surface area contributed by atoms with Crippen molar-refractivity contribution in [2.75, 3.05) is 0 Å². The Kier molecular flexibility index (Phi) is 4.70. The highest BCUT2D eigenvalue weighted by atomic mass is 16.4. The van der Waals surface area contributed by atoms with Gasteiger partial charge in [0.1, 0.15) is 6.04 Å². The molecule has 0 saturated heterocycles. The Balaban J connectivity index is 2.72. The monoisotopic (exact) mass is 235 g/mol. The fourth-order valence-electron chi connectivity index (χ4n) is 1.83. The van der Waals surface area contributed by atoms with Gasteiger partial charge < -0.3 is 10.4 Å². The van der Waals surface area contributed by atoms with E-state index in [1.165, 1.54) is 11.1 Å². The number of carbonyl (C=O) groups is 1. The van der Waals surface area contributed by atoms with Gasteiger partial charge in [-0.2, -0.15) is 0 Å². The third-order valence-electron chi connectivity index (χ3n) is 3.16. The first kappa shape index (κ1) is 13.7. The molecule has 0 aliphatic heterocycles. The van der Waals surface area contributed by atoms with E-state index in [-0.39, 0.29) is 5.92 Å². The Morgan fingerprint density at radius 1 is 1.35 bits per heavy atom. The Morgan fingerprint density at radius 2 is 2.00 bits per heavy atom. The smallest absolute Gasteiger partial charge is 0.320 e. The molecule has 94 valence electrons. The van der Waals surface area contributed by atoms with Gasteiger partial charge in [0, 0.05) is 6.54 Å². The lowest BCUT2D eigenvalue weighted by atomic mass is 10.0. The molecular formula is C14H21NO2. The number of nitrogens with one attached hydrogen (secondary N) is 1. The molecule has 0 spiro atoms. The van der Waals surface area contributed by atoms with Gasteiger partial charge in [-0.1, -0.05) is 32.0 Å². The predicted octanol–water partition coefficient (Wildman–Crippen LogP) is 2.50. The number of hydrogen-bond acceptors (Lipinski definition) is 2. The van der Waals surface area contributed by atoms with Gasteiger partial charge >= 0.3 is 5.97 Å².